The quantitative estimate of drug-likeness (QED) is 0.898. The molecule has 7 nitrogen and oxygen atoms in total. The van der Waals surface area contributed by atoms with E-state index in [1.807, 2.05) is 31.2 Å². The number of anilines is 2. The molecule has 1 N–H and O–H groups in total. The zero-order valence-electron chi connectivity index (χ0n) is 15.6. The maximum Gasteiger partial charge on any atom is 0.409 e. The third-order valence-electron chi connectivity index (χ3n) is 4.45. The first-order valence-electron chi connectivity index (χ1n) is 9.07. The van der Waals surface area contributed by atoms with Crippen LogP contribution in [-0.4, -0.2) is 54.7 Å². The van der Waals surface area contributed by atoms with Crippen molar-refractivity contribution >= 4 is 23.5 Å². The number of nitrogens with one attached hydrogen (secondary N) is 1. The number of pyridine rings is 1. The van der Waals surface area contributed by atoms with Crippen LogP contribution < -0.4 is 10.2 Å². The Balaban J connectivity index is 1.63. The van der Waals surface area contributed by atoms with Crippen molar-refractivity contribution in [1.29, 1.82) is 0 Å². The minimum Gasteiger partial charge on any atom is -0.450 e. The molecule has 7 heteroatoms. The van der Waals surface area contributed by atoms with E-state index < -0.39 is 0 Å². The SMILES string of the molecule is CCOC(=O)N1CCN(c2cc(C(=O)Nc3ccc(C)cc3)ccn2)CC1. The fourth-order valence-corrected chi connectivity index (χ4v) is 2.91. The Kier molecular flexibility index (Phi) is 5.90. The Labute approximate surface area is 158 Å². The van der Waals surface area contributed by atoms with Crippen molar-refractivity contribution in [3.63, 3.8) is 0 Å². The van der Waals surface area contributed by atoms with Crippen molar-refractivity contribution < 1.29 is 14.3 Å². The highest BCUT2D eigenvalue weighted by atomic mass is 16.6. The summed E-state index contributed by atoms with van der Waals surface area (Å²) >= 11 is 0. The lowest BCUT2D eigenvalue weighted by Gasteiger charge is -2.34. The van der Waals surface area contributed by atoms with Gasteiger partial charge in [0, 0.05) is 43.6 Å². The first-order valence-corrected chi connectivity index (χ1v) is 9.07. The molecule has 27 heavy (non-hydrogen) atoms. The molecule has 2 aromatic rings. The van der Waals surface area contributed by atoms with Crippen molar-refractivity contribution in [2.24, 2.45) is 0 Å². The number of ether oxygens (including phenoxy) is 1. The number of aromatic nitrogens is 1. The van der Waals surface area contributed by atoms with Crippen molar-refractivity contribution in [1.82, 2.24) is 9.88 Å². The van der Waals surface area contributed by atoms with Crippen molar-refractivity contribution in [2.45, 2.75) is 13.8 Å². The maximum atomic E-state index is 12.5. The van der Waals surface area contributed by atoms with E-state index in [0.29, 0.717) is 38.3 Å². The average Bonchev–Trinajstić information content (AvgIpc) is 2.70. The number of carbonyl (C=O) groups is 2. The maximum absolute atomic E-state index is 12.5. The Morgan fingerprint density at radius 2 is 1.81 bits per heavy atom. The van der Waals surface area contributed by atoms with Gasteiger partial charge < -0.3 is 19.9 Å². The molecular formula is C20H24N4O3. The number of nitrogens with zero attached hydrogens (tertiary/aromatic N) is 3. The van der Waals surface area contributed by atoms with Crippen LogP contribution in [0, 0.1) is 6.92 Å². The molecule has 2 amide bonds. The Morgan fingerprint density at radius 1 is 1.11 bits per heavy atom. The molecule has 142 valence electrons. The van der Waals surface area contributed by atoms with E-state index in [4.69, 9.17) is 4.74 Å². The van der Waals surface area contributed by atoms with Gasteiger partial charge >= 0.3 is 6.09 Å². The predicted octanol–water partition coefficient (Wildman–Crippen LogP) is 2.92. The zero-order valence-corrected chi connectivity index (χ0v) is 15.6. The number of aryl methyl sites for hydroxylation is 1. The second-order valence-electron chi connectivity index (χ2n) is 6.40. The highest BCUT2D eigenvalue weighted by molar-refractivity contribution is 6.04. The number of carbonyl (C=O) groups excluding carboxylic acids is 2. The van der Waals surface area contributed by atoms with Gasteiger partial charge in [-0.15, -0.1) is 0 Å². The smallest absolute Gasteiger partial charge is 0.409 e. The van der Waals surface area contributed by atoms with Gasteiger partial charge in [-0.1, -0.05) is 17.7 Å². The van der Waals surface area contributed by atoms with Gasteiger partial charge in [-0.3, -0.25) is 4.79 Å². The summed E-state index contributed by atoms with van der Waals surface area (Å²) in [6.07, 6.45) is 1.35. The summed E-state index contributed by atoms with van der Waals surface area (Å²) in [4.78, 5) is 32.5. The van der Waals surface area contributed by atoms with Crippen LogP contribution in [0.25, 0.3) is 0 Å². The van der Waals surface area contributed by atoms with Crippen LogP contribution >= 0.6 is 0 Å². The molecule has 1 aromatic heterocycles. The highest BCUT2D eigenvalue weighted by Crippen LogP contribution is 2.17. The number of hydrogen-bond donors (Lipinski definition) is 1. The molecule has 1 aliphatic heterocycles. The van der Waals surface area contributed by atoms with Crippen LogP contribution in [-0.2, 0) is 4.74 Å². The predicted molar refractivity (Wildman–Crippen MR) is 104 cm³/mol. The van der Waals surface area contributed by atoms with E-state index in [-0.39, 0.29) is 12.0 Å². The van der Waals surface area contributed by atoms with Gasteiger partial charge in [-0.05, 0) is 38.1 Å². The third-order valence-corrected chi connectivity index (χ3v) is 4.45. The molecule has 3 rings (SSSR count). The molecule has 0 saturated carbocycles. The van der Waals surface area contributed by atoms with Gasteiger partial charge in [0.1, 0.15) is 5.82 Å². The summed E-state index contributed by atoms with van der Waals surface area (Å²) in [6.45, 7) is 6.61. The molecule has 0 spiro atoms. The van der Waals surface area contributed by atoms with Gasteiger partial charge in [0.15, 0.2) is 0 Å². The van der Waals surface area contributed by atoms with E-state index in [9.17, 15) is 9.59 Å². The van der Waals surface area contributed by atoms with E-state index in [2.05, 4.69) is 15.2 Å². The molecule has 0 atom stereocenters. The second kappa shape index (κ2) is 8.53. The third kappa shape index (κ3) is 4.75. The molecule has 1 aromatic carbocycles. The van der Waals surface area contributed by atoms with Crippen molar-refractivity contribution in [3.05, 3.63) is 53.7 Å². The topological polar surface area (TPSA) is 74.8 Å². The molecule has 1 fully saturated rings. The van der Waals surface area contributed by atoms with Crippen LogP contribution in [0.1, 0.15) is 22.8 Å². The molecular weight excluding hydrogens is 344 g/mol. The normalized spacial score (nSPS) is 14.0. The Bertz CT molecular complexity index is 799. The van der Waals surface area contributed by atoms with Gasteiger partial charge in [0.25, 0.3) is 5.91 Å². The fraction of sp³-hybridized carbons (Fsp3) is 0.350. The summed E-state index contributed by atoms with van der Waals surface area (Å²) in [5.74, 6) is 0.558. The Hall–Kier alpha value is -3.09. The lowest BCUT2D eigenvalue weighted by molar-refractivity contribution is 0.102. The molecule has 0 aliphatic carbocycles. The monoisotopic (exact) mass is 368 g/mol. The first kappa shape index (κ1) is 18.7. The van der Waals surface area contributed by atoms with Crippen molar-refractivity contribution in [3.8, 4) is 0 Å². The van der Waals surface area contributed by atoms with E-state index in [0.717, 1.165) is 17.1 Å². The molecule has 2 heterocycles. The van der Waals surface area contributed by atoms with Gasteiger partial charge in [0.05, 0.1) is 6.61 Å². The van der Waals surface area contributed by atoms with E-state index in [1.54, 1.807) is 30.2 Å². The largest absolute Gasteiger partial charge is 0.450 e. The zero-order chi connectivity index (χ0) is 19.2. The van der Waals surface area contributed by atoms with Crippen LogP contribution in [0.2, 0.25) is 0 Å². The number of rotatable bonds is 4. The lowest BCUT2D eigenvalue weighted by atomic mass is 10.2. The molecule has 0 radical (unpaired) electrons. The standard InChI is InChI=1S/C20H24N4O3/c1-3-27-20(26)24-12-10-23(11-13-24)18-14-16(8-9-21-18)19(25)22-17-6-4-15(2)5-7-17/h4-9,14H,3,10-13H2,1-2H3,(H,22,25). The van der Waals surface area contributed by atoms with Crippen LogP contribution in [0.3, 0.4) is 0 Å². The summed E-state index contributed by atoms with van der Waals surface area (Å²) in [5.41, 5.74) is 2.45. The Morgan fingerprint density at radius 3 is 2.48 bits per heavy atom. The summed E-state index contributed by atoms with van der Waals surface area (Å²) < 4.78 is 5.04. The first-order chi connectivity index (χ1) is 13.1. The minimum absolute atomic E-state index is 0.173. The van der Waals surface area contributed by atoms with Crippen molar-refractivity contribution in [2.75, 3.05) is 43.0 Å². The summed E-state index contributed by atoms with van der Waals surface area (Å²) in [5, 5.41) is 2.90. The molecule has 0 bridgehead atoms. The summed E-state index contributed by atoms with van der Waals surface area (Å²) in [6, 6.07) is 11.1. The highest BCUT2D eigenvalue weighted by Gasteiger charge is 2.23. The fourth-order valence-electron chi connectivity index (χ4n) is 2.91. The van der Waals surface area contributed by atoms with Gasteiger partial charge in [0.2, 0.25) is 0 Å². The van der Waals surface area contributed by atoms with Gasteiger partial charge in [-0.25, -0.2) is 9.78 Å². The minimum atomic E-state index is -0.281. The molecule has 1 aliphatic rings. The van der Waals surface area contributed by atoms with Gasteiger partial charge in [-0.2, -0.15) is 0 Å². The lowest BCUT2D eigenvalue weighted by Crippen LogP contribution is -2.49. The number of hydrogen-bond acceptors (Lipinski definition) is 5. The second-order valence-corrected chi connectivity index (χ2v) is 6.40. The van der Waals surface area contributed by atoms with E-state index in [1.165, 1.54) is 0 Å². The van der Waals surface area contributed by atoms with Crippen LogP contribution in [0.5, 0.6) is 0 Å². The summed E-state index contributed by atoms with van der Waals surface area (Å²) in [7, 11) is 0. The molecule has 1 saturated heterocycles. The van der Waals surface area contributed by atoms with Crippen LogP contribution in [0.15, 0.2) is 42.6 Å². The average molecular weight is 368 g/mol. The number of amides is 2. The number of piperazine rings is 1. The van der Waals surface area contributed by atoms with Crippen LogP contribution in [0.4, 0.5) is 16.3 Å². The number of benzene rings is 1. The van der Waals surface area contributed by atoms with E-state index >= 15 is 0 Å². The molecule has 0 unspecified atom stereocenters.